The molecule has 0 saturated carbocycles. The summed E-state index contributed by atoms with van der Waals surface area (Å²) in [5, 5.41) is 4.64. The number of rotatable bonds is 2. The third-order valence-electron chi connectivity index (χ3n) is 1.96. The van der Waals surface area contributed by atoms with Crippen LogP contribution >= 0.6 is 23.2 Å². The Kier molecular flexibility index (Phi) is 2.85. The second-order valence-electron chi connectivity index (χ2n) is 3.06. The summed E-state index contributed by atoms with van der Waals surface area (Å²) in [7, 11) is 0. The number of benzene rings is 1. The van der Waals surface area contributed by atoms with E-state index < -0.39 is 5.91 Å². The molecule has 0 saturated heterocycles. The first kappa shape index (κ1) is 11.0. The Morgan fingerprint density at radius 2 is 2.06 bits per heavy atom. The lowest BCUT2D eigenvalue weighted by atomic mass is 10.1. The van der Waals surface area contributed by atoms with E-state index in [1.54, 1.807) is 18.2 Å². The number of aromatic nitrogens is 1. The highest BCUT2D eigenvalue weighted by Gasteiger charge is 2.13. The van der Waals surface area contributed by atoms with Crippen LogP contribution < -0.4 is 5.73 Å². The maximum absolute atomic E-state index is 10.8. The lowest BCUT2D eigenvalue weighted by molar-refractivity contribution is 0.0965. The largest absolute Gasteiger partial charge is 0.363 e. The third kappa shape index (κ3) is 2.03. The molecule has 0 spiro atoms. The van der Waals surface area contributed by atoms with Crippen LogP contribution in [0.5, 0.6) is 0 Å². The van der Waals surface area contributed by atoms with Crippen LogP contribution in [0.2, 0.25) is 10.0 Å². The monoisotopic (exact) mass is 256 g/mol. The molecule has 0 aliphatic carbocycles. The fraction of sp³-hybridized carbons (Fsp3) is 0. The van der Waals surface area contributed by atoms with E-state index in [-0.39, 0.29) is 5.76 Å². The summed E-state index contributed by atoms with van der Waals surface area (Å²) >= 11 is 11.7. The first-order chi connectivity index (χ1) is 7.58. The van der Waals surface area contributed by atoms with Crippen molar-refractivity contribution >= 4 is 29.1 Å². The minimum absolute atomic E-state index is 0.0129. The Bertz CT molecular complexity index is 552. The lowest BCUT2D eigenvalue weighted by Gasteiger charge is -1.99. The molecule has 16 heavy (non-hydrogen) atoms. The van der Waals surface area contributed by atoms with Gasteiger partial charge in [-0.25, -0.2) is 0 Å². The maximum Gasteiger partial charge on any atom is 0.287 e. The summed E-state index contributed by atoms with van der Waals surface area (Å²) in [6.45, 7) is 0. The van der Waals surface area contributed by atoms with Crippen molar-refractivity contribution in [2.75, 3.05) is 0 Å². The van der Waals surface area contributed by atoms with Crippen LogP contribution in [0.25, 0.3) is 11.3 Å². The second kappa shape index (κ2) is 4.15. The minimum Gasteiger partial charge on any atom is -0.363 e. The smallest absolute Gasteiger partial charge is 0.287 e. The van der Waals surface area contributed by atoms with Gasteiger partial charge in [0.1, 0.15) is 5.69 Å². The molecule has 1 aromatic carbocycles. The van der Waals surface area contributed by atoms with Crippen molar-refractivity contribution < 1.29 is 9.32 Å². The maximum atomic E-state index is 10.8. The van der Waals surface area contributed by atoms with Gasteiger partial charge in [0, 0.05) is 16.7 Å². The van der Waals surface area contributed by atoms with E-state index in [1.165, 1.54) is 6.07 Å². The molecule has 0 radical (unpaired) electrons. The van der Waals surface area contributed by atoms with Crippen molar-refractivity contribution in [3.63, 3.8) is 0 Å². The molecule has 0 atom stereocenters. The molecule has 2 rings (SSSR count). The molecular weight excluding hydrogens is 251 g/mol. The predicted molar refractivity (Wildman–Crippen MR) is 60.5 cm³/mol. The van der Waals surface area contributed by atoms with Crippen molar-refractivity contribution in [3.8, 4) is 11.3 Å². The van der Waals surface area contributed by atoms with Gasteiger partial charge < -0.3 is 10.3 Å². The first-order valence-corrected chi connectivity index (χ1v) is 5.05. The van der Waals surface area contributed by atoms with Crippen LogP contribution in [0.3, 0.4) is 0 Å². The molecule has 0 bridgehead atoms. The van der Waals surface area contributed by atoms with Gasteiger partial charge in [-0.2, -0.15) is 0 Å². The second-order valence-corrected chi connectivity index (χ2v) is 3.91. The number of hydrogen-bond acceptors (Lipinski definition) is 3. The summed E-state index contributed by atoms with van der Waals surface area (Å²) in [5.74, 6) is -0.690. The van der Waals surface area contributed by atoms with E-state index >= 15 is 0 Å². The zero-order chi connectivity index (χ0) is 11.7. The molecule has 0 unspecified atom stereocenters. The highest BCUT2D eigenvalue weighted by molar-refractivity contribution is 6.36. The summed E-state index contributed by atoms with van der Waals surface area (Å²) < 4.78 is 4.75. The van der Waals surface area contributed by atoms with Gasteiger partial charge in [-0.1, -0.05) is 28.4 Å². The molecule has 4 nitrogen and oxygen atoms in total. The van der Waals surface area contributed by atoms with Crippen LogP contribution in [0.1, 0.15) is 10.6 Å². The topological polar surface area (TPSA) is 69.1 Å². The van der Waals surface area contributed by atoms with Crippen LogP contribution in [0.4, 0.5) is 0 Å². The number of carbonyl (C=O) groups excluding carboxylic acids is 1. The third-order valence-corrected chi connectivity index (χ3v) is 2.51. The first-order valence-electron chi connectivity index (χ1n) is 4.30. The Balaban J connectivity index is 2.46. The van der Waals surface area contributed by atoms with Crippen molar-refractivity contribution in [2.24, 2.45) is 5.73 Å². The fourth-order valence-electron chi connectivity index (χ4n) is 1.22. The SMILES string of the molecule is NC(=O)c1cc(-c2ccc(Cl)cc2Cl)no1. The van der Waals surface area contributed by atoms with Gasteiger partial charge in [0.15, 0.2) is 0 Å². The molecule has 82 valence electrons. The molecule has 2 N–H and O–H groups in total. The number of carbonyl (C=O) groups is 1. The quantitative estimate of drug-likeness (QED) is 0.899. The van der Waals surface area contributed by atoms with Crippen molar-refractivity contribution in [3.05, 3.63) is 40.1 Å². The zero-order valence-electron chi connectivity index (χ0n) is 7.91. The van der Waals surface area contributed by atoms with Crippen LogP contribution in [-0.2, 0) is 0 Å². The number of nitrogens with two attached hydrogens (primary N) is 1. The standard InChI is InChI=1S/C10H6Cl2N2O2/c11-5-1-2-6(7(12)3-5)8-4-9(10(13)15)16-14-8/h1-4H,(H2,13,15). The van der Waals surface area contributed by atoms with Gasteiger partial charge in [-0.15, -0.1) is 0 Å². The van der Waals surface area contributed by atoms with Gasteiger partial charge >= 0.3 is 0 Å². The van der Waals surface area contributed by atoms with Gasteiger partial charge in [-0.3, -0.25) is 4.79 Å². The number of nitrogens with zero attached hydrogens (tertiary/aromatic N) is 1. The molecule has 1 heterocycles. The van der Waals surface area contributed by atoms with Crippen LogP contribution in [-0.4, -0.2) is 11.1 Å². The number of primary amides is 1. The molecule has 2 aromatic rings. The van der Waals surface area contributed by atoms with Gasteiger partial charge in [0.2, 0.25) is 5.76 Å². The van der Waals surface area contributed by atoms with E-state index in [0.29, 0.717) is 21.3 Å². The zero-order valence-corrected chi connectivity index (χ0v) is 9.42. The highest BCUT2D eigenvalue weighted by atomic mass is 35.5. The number of halogens is 2. The highest BCUT2D eigenvalue weighted by Crippen LogP contribution is 2.29. The molecule has 0 aliphatic heterocycles. The molecule has 0 aliphatic rings. The summed E-state index contributed by atoms with van der Waals surface area (Å²) in [4.78, 5) is 10.8. The van der Waals surface area contributed by atoms with Gasteiger partial charge in [-0.05, 0) is 18.2 Å². The number of hydrogen-bond donors (Lipinski definition) is 1. The van der Waals surface area contributed by atoms with Gasteiger partial charge in [0.25, 0.3) is 5.91 Å². The average molecular weight is 257 g/mol. The van der Waals surface area contributed by atoms with E-state index in [2.05, 4.69) is 5.16 Å². The average Bonchev–Trinajstić information content (AvgIpc) is 2.66. The molecule has 6 heteroatoms. The summed E-state index contributed by atoms with van der Waals surface area (Å²) in [6, 6.07) is 6.36. The lowest BCUT2D eigenvalue weighted by Crippen LogP contribution is -2.09. The van der Waals surface area contributed by atoms with Crippen molar-refractivity contribution in [2.45, 2.75) is 0 Å². The van der Waals surface area contributed by atoms with E-state index in [9.17, 15) is 4.79 Å². The Morgan fingerprint density at radius 1 is 1.31 bits per heavy atom. The van der Waals surface area contributed by atoms with E-state index in [4.69, 9.17) is 33.5 Å². The molecule has 1 amide bonds. The van der Waals surface area contributed by atoms with Crippen LogP contribution in [0.15, 0.2) is 28.8 Å². The summed E-state index contributed by atoms with van der Waals surface area (Å²) in [6.07, 6.45) is 0. The van der Waals surface area contributed by atoms with E-state index in [0.717, 1.165) is 0 Å². The Labute approximate surface area is 101 Å². The van der Waals surface area contributed by atoms with E-state index in [1.807, 2.05) is 0 Å². The number of amides is 1. The predicted octanol–water partition coefficient (Wildman–Crippen LogP) is 2.75. The normalized spacial score (nSPS) is 10.4. The molecule has 0 fully saturated rings. The van der Waals surface area contributed by atoms with Crippen LogP contribution in [0, 0.1) is 0 Å². The Hall–Kier alpha value is -1.52. The minimum atomic E-state index is -0.677. The van der Waals surface area contributed by atoms with Gasteiger partial charge in [0.05, 0.1) is 5.02 Å². The fourth-order valence-corrected chi connectivity index (χ4v) is 1.72. The summed E-state index contributed by atoms with van der Waals surface area (Å²) in [5.41, 5.74) is 6.11. The molecule has 1 aromatic heterocycles. The molecular formula is C10H6Cl2N2O2. The van der Waals surface area contributed by atoms with Crippen molar-refractivity contribution in [1.82, 2.24) is 5.16 Å². The van der Waals surface area contributed by atoms with Crippen molar-refractivity contribution in [1.29, 1.82) is 0 Å². The Morgan fingerprint density at radius 3 is 2.62 bits per heavy atom.